The lowest BCUT2D eigenvalue weighted by Gasteiger charge is -2.08. The number of nitrogen functional groups attached to an aromatic ring is 1. The fraction of sp³-hybridized carbons (Fsp3) is 0.0625. The average molecular weight is 570 g/mol. The minimum atomic E-state index is -0.959. The van der Waals surface area contributed by atoms with Gasteiger partial charge in [-0.2, -0.15) is 0 Å². The van der Waals surface area contributed by atoms with Gasteiger partial charge in [0.15, 0.2) is 0 Å². The first kappa shape index (κ1) is 27.1. The van der Waals surface area contributed by atoms with Gasteiger partial charge in [-0.1, -0.05) is 71.7 Å². The second kappa shape index (κ2) is 11.7. The molecule has 5 rings (SSSR count). The van der Waals surface area contributed by atoms with Gasteiger partial charge in [-0.3, -0.25) is 0 Å². The Morgan fingerprint density at radius 1 is 0.950 bits per heavy atom. The van der Waals surface area contributed by atoms with Crippen LogP contribution in [0.5, 0.6) is 5.75 Å². The molecule has 200 valence electrons. The van der Waals surface area contributed by atoms with Crippen molar-refractivity contribution >= 4 is 47.0 Å². The first-order chi connectivity index (χ1) is 19.3. The molecule has 5 aromatic rings. The van der Waals surface area contributed by atoms with Crippen LogP contribution < -0.4 is 10.5 Å². The zero-order chi connectivity index (χ0) is 28.2. The van der Waals surface area contributed by atoms with Gasteiger partial charge in [0, 0.05) is 23.3 Å². The Kier molecular flexibility index (Phi) is 7.91. The molecule has 40 heavy (non-hydrogen) atoms. The number of carboxylic acid groups (broad SMARTS) is 1. The molecule has 6 nitrogen and oxygen atoms in total. The van der Waals surface area contributed by atoms with Crippen LogP contribution in [0.3, 0.4) is 0 Å². The average Bonchev–Trinajstić information content (AvgIpc) is 3.34. The van der Waals surface area contributed by atoms with Gasteiger partial charge in [-0.15, -0.1) is 0 Å². The van der Waals surface area contributed by atoms with Crippen molar-refractivity contribution in [1.82, 2.24) is 9.55 Å². The highest BCUT2D eigenvalue weighted by Gasteiger charge is 2.12. The summed E-state index contributed by atoms with van der Waals surface area (Å²) in [7, 11) is 1.60. The van der Waals surface area contributed by atoms with Crippen molar-refractivity contribution in [2.75, 3.05) is 12.8 Å². The van der Waals surface area contributed by atoms with E-state index in [-0.39, 0.29) is 5.56 Å². The van der Waals surface area contributed by atoms with Crippen molar-refractivity contribution in [3.05, 3.63) is 124 Å². The number of hydrogen-bond acceptors (Lipinski definition) is 4. The number of anilines is 1. The Morgan fingerprint density at radius 2 is 1.68 bits per heavy atom. The summed E-state index contributed by atoms with van der Waals surface area (Å²) in [6.07, 6.45) is 5.86. The number of ether oxygens (including phenoxy) is 1. The number of hydrogen-bond donors (Lipinski definition) is 2. The third kappa shape index (κ3) is 6.04. The first-order valence-electron chi connectivity index (χ1n) is 12.4. The SMILES string of the molecule is COc1ccc(-c2ccc(/C=C/c3nc(-c4ccc(Cl)cc4Cl)cn3Cc3ccc(C(=O)O)cc3)cc2)cc1N. The lowest BCUT2D eigenvalue weighted by molar-refractivity contribution is 0.0697. The van der Waals surface area contributed by atoms with Gasteiger partial charge in [0.05, 0.1) is 29.1 Å². The summed E-state index contributed by atoms with van der Waals surface area (Å²) in [5.41, 5.74) is 12.4. The standard InChI is InChI=1S/C32H25Cl2N3O3/c1-40-30-14-11-24(16-28(30)35)22-7-2-20(3-8-22)6-15-31-36-29(26-13-12-25(33)17-27(26)34)19-37(31)18-21-4-9-23(10-5-21)32(38)39/h2-17,19H,18,35H2,1H3,(H,38,39)/b15-6+. The molecule has 8 heteroatoms. The van der Waals surface area contributed by atoms with E-state index in [4.69, 9.17) is 38.7 Å². The molecule has 0 radical (unpaired) electrons. The highest BCUT2D eigenvalue weighted by Crippen LogP contribution is 2.31. The third-order valence-corrected chi connectivity index (χ3v) is 7.01. The highest BCUT2D eigenvalue weighted by atomic mass is 35.5. The quantitative estimate of drug-likeness (QED) is 0.184. The molecular formula is C32H25Cl2N3O3. The van der Waals surface area contributed by atoms with E-state index in [1.165, 1.54) is 0 Å². The van der Waals surface area contributed by atoms with Crippen LogP contribution in [0.15, 0.2) is 91.1 Å². The number of halogens is 2. The molecule has 3 N–H and O–H groups in total. The Hall–Kier alpha value is -4.52. The molecule has 0 aliphatic carbocycles. The zero-order valence-corrected chi connectivity index (χ0v) is 23.0. The summed E-state index contributed by atoms with van der Waals surface area (Å²) < 4.78 is 7.25. The van der Waals surface area contributed by atoms with Gasteiger partial charge in [0.1, 0.15) is 11.6 Å². The summed E-state index contributed by atoms with van der Waals surface area (Å²) in [5.74, 6) is 0.408. The van der Waals surface area contributed by atoms with Gasteiger partial charge in [0.2, 0.25) is 0 Å². The van der Waals surface area contributed by atoms with Crippen LogP contribution in [0.2, 0.25) is 10.0 Å². The molecule has 0 fully saturated rings. The van der Waals surface area contributed by atoms with Crippen molar-refractivity contribution in [3.63, 3.8) is 0 Å². The van der Waals surface area contributed by atoms with Crippen LogP contribution in [0, 0.1) is 0 Å². The van der Waals surface area contributed by atoms with Crippen LogP contribution >= 0.6 is 23.2 Å². The molecule has 0 unspecified atom stereocenters. The maximum absolute atomic E-state index is 11.2. The molecule has 1 heterocycles. The normalized spacial score (nSPS) is 11.2. The Bertz CT molecular complexity index is 1710. The predicted octanol–water partition coefficient (Wildman–Crippen LogP) is 8.03. The minimum Gasteiger partial charge on any atom is -0.495 e. The highest BCUT2D eigenvalue weighted by molar-refractivity contribution is 6.36. The molecule has 0 atom stereocenters. The van der Waals surface area contributed by atoms with E-state index in [1.54, 1.807) is 43.5 Å². The van der Waals surface area contributed by atoms with Crippen molar-refractivity contribution in [2.24, 2.45) is 0 Å². The monoisotopic (exact) mass is 569 g/mol. The second-order valence-corrected chi connectivity index (χ2v) is 9.99. The Morgan fingerprint density at radius 3 is 2.33 bits per heavy atom. The van der Waals surface area contributed by atoms with Crippen molar-refractivity contribution in [1.29, 1.82) is 0 Å². The van der Waals surface area contributed by atoms with E-state index < -0.39 is 5.97 Å². The molecule has 0 bridgehead atoms. The van der Waals surface area contributed by atoms with E-state index in [0.29, 0.717) is 33.7 Å². The number of carboxylic acids is 1. The van der Waals surface area contributed by atoms with E-state index in [2.05, 4.69) is 0 Å². The molecule has 0 saturated heterocycles. The summed E-state index contributed by atoms with van der Waals surface area (Å²) in [6, 6.07) is 26.0. The van der Waals surface area contributed by atoms with Gasteiger partial charge in [-0.05, 0) is 70.8 Å². The number of imidazole rings is 1. The molecule has 0 spiro atoms. The summed E-state index contributed by atoms with van der Waals surface area (Å²) in [4.78, 5) is 16.1. The summed E-state index contributed by atoms with van der Waals surface area (Å²) >= 11 is 12.6. The van der Waals surface area contributed by atoms with E-state index in [1.807, 2.05) is 71.4 Å². The van der Waals surface area contributed by atoms with Gasteiger partial charge in [-0.25, -0.2) is 9.78 Å². The molecule has 0 saturated carbocycles. The van der Waals surface area contributed by atoms with E-state index in [9.17, 15) is 9.90 Å². The molecule has 0 aliphatic heterocycles. The number of rotatable bonds is 8. The fourth-order valence-electron chi connectivity index (χ4n) is 4.34. The smallest absolute Gasteiger partial charge is 0.335 e. The number of aromatic carboxylic acids is 1. The van der Waals surface area contributed by atoms with E-state index in [0.717, 1.165) is 33.6 Å². The molecule has 0 amide bonds. The Labute approximate surface area is 241 Å². The summed E-state index contributed by atoms with van der Waals surface area (Å²) in [5, 5.41) is 10.3. The van der Waals surface area contributed by atoms with Crippen LogP contribution in [-0.4, -0.2) is 27.7 Å². The molecule has 0 aliphatic rings. The number of benzene rings is 4. The van der Waals surface area contributed by atoms with Gasteiger partial charge < -0.3 is 20.1 Å². The van der Waals surface area contributed by atoms with Crippen LogP contribution in [0.4, 0.5) is 5.69 Å². The van der Waals surface area contributed by atoms with Crippen molar-refractivity contribution in [3.8, 4) is 28.1 Å². The van der Waals surface area contributed by atoms with Crippen molar-refractivity contribution < 1.29 is 14.6 Å². The number of methoxy groups -OCH3 is 1. The maximum atomic E-state index is 11.2. The van der Waals surface area contributed by atoms with Crippen LogP contribution in [0.25, 0.3) is 34.5 Å². The molecular weight excluding hydrogens is 545 g/mol. The van der Waals surface area contributed by atoms with Gasteiger partial charge in [0.25, 0.3) is 0 Å². The third-order valence-electron chi connectivity index (χ3n) is 6.47. The number of carbonyl (C=O) groups is 1. The zero-order valence-electron chi connectivity index (χ0n) is 21.5. The Balaban J connectivity index is 1.44. The second-order valence-electron chi connectivity index (χ2n) is 9.15. The largest absolute Gasteiger partial charge is 0.495 e. The number of nitrogens with two attached hydrogens (primary N) is 1. The lowest BCUT2D eigenvalue weighted by Crippen LogP contribution is -2.02. The predicted molar refractivity (Wildman–Crippen MR) is 162 cm³/mol. The number of nitrogens with zero attached hydrogens (tertiary/aromatic N) is 2. The van der Waals surface area contributed by atoms with Crippen molar-refractivity contribution in [2.45, 2.75) is 6.54 Å². The first-order valence-corrected chi connectivity index (χ1v) is 13.1. The maximum Gasteiger partial charge on any atom is 0.335 e. The van der Waals surface area contributed by atoms with Crippen LogP contribution in [-0.2, 0) is 6.54 Å². The van der Waals surface area contributed by atoms with E-state index >= 15 is 0 Å². The number of aromatic nitrogens is 2. The topological polar surface area (TPSA) is 90.4 Å². The molecule has 4 aromatic carbocycles. The van der Waals surface area contributed by atoms with Crippen LogP contribution in [0.1, 0.15) is 27.3 Å². The summed E-state index contributed by atoms with van der Waals surface area (Å²) in [6.45, 7) is 0.496. The van der Waals surface area contributed by atoms with Gasteiger partial charge >= 0.3 is 5.97 Å². The lowest BCUT2D eigenvalue weighted by atomic mass is 10.0. The minimum absolute atomic E-state index is 0.240. The molecule has 1 aromatic heterocycles. The fourth-order valence-corrected chi connectivity index (χ4v) is 4.84.